The number of benzene rings is 1. The van der Waals surface area contributed by atoms with E-state index < -0.39 is 11.6 Å². The molecule has 0 radical (unpaired) electrons. The highest BCUT2D eigenvalue weighted by atomic mass is 16.4. The first-order valence-corrected chi connectivity index (χ1v) is 8.57. The highest BCUT2D eigenvalue weighted by molar-refractivity contribution is 6.11. The van der Waals surface area contributed by atoms with Gasteiger partial charge in [0.25, 0.3) is 5.91 Å². The van der Waals surface area contributed by atoms with Gasteiger partial charge in [-0.15, -0.1) is 0 Å². The van der Waals surface area contributed by atoms with Crippen molar-refractivity contribution in [1.82, 2.24) is 10.2 Å². The van der Waals surface area contributed by atoms with Crippen molar-refractivity contribution in [2.24, 2.45) is 0 Å². The molecule has 138 valence electrons. The molecule has 0 spiro atoms. The smallest absolute Gasteiger partial charge is 0.303 e. The van der Waals surface area contributed by atoms with Crippen molar-refractivity contribution in [2.75, 3.05) is 18.0 Å². The normalized spacial score (nSPS) is 21.4. The lowest BCUT2D eigenvalue weighted by Crippen LogP contribution is -2.63. The molecule has 0 aromatic heterocycles. The fourth-order valence-corrected chi connectivity index (χ4v) is 3.61. The van der Waals surface area contributed by atoms with Gasteiger partial charge in [-0.1, -0.05) is 12.1 Å². The fourth-order valence-electron chi connectivity index (χ4n) is 3.61. The standard InChI is InChI=1S/C18H21N3O5/c1-18-9-8-15(23)21(18)13-6-3-2-5-12(13)17(26)20(18)11-14(22)19-10-4-7-16(24)25/h2-3,5-6H,4,7-11H2,1H3,(H,19,22)(H,24,25). The first kappa shape index (κ1) is 17.9. The predicted octanol–water partition coefficient (Wildman–Crippen LogP) is 0.966. The molecule has 0 aliphatic carbocycles. The van der Waals surface area contributed by atoms with Crippen LogP contribution in [0.2, 0.25) is 0 Å². The van der Waals surface area contributed by atoms with Crippen molar-refractivity contribution in [3.63, 3.8) is 0 Å². The monoisotopic (exact) mass is 359 g/mol. The van der Waals surface area contributed by atoms with Gasteiger partial charge in [0.15, 0.2) is 0 Å². The van der Waals surface area contributed by atoms with Gasteiger partial charge in [-0.3, -0.25) is 24.1 Å². The van der Waals surface area contributed by atoms with Gasteiger partial charge in [-0.25, -0.2) is 0 Å². The van der Waals surface area contributed by atoms with Crippen LogP contribution >= 0.6 is 0 Å². The molecule has 1 saturated heterocycles. The molecule has 26 heavy (non-hydrogen) atoms. The van der Waals surface area contributed by atoms with Gasteiger partial charge < -0.3 is 15.3 Å². The molecule has 3 rings (SSSR count). The minimum absolute atomic E-state index is 0.0315. The maximum atomic E-state index is 13.0. The van der Waals surface area contributed by atoms with Gasteiger partial charge >= 0.3 is 5.97 Å². The van der Waals surface area contributed by atoms with Crippen LogP contribution in [-0.2, 0) is 14.4 Å². The first-order valence-electron chi connectivity index (χ1n) is 8.57. The zero-order valence-corrected chi connectivity index (χ0v) is 14.5. The van der Waals surface area contributed by atoms with E-state index in [2.05, 4.69) is 5.32 Å². The van der Waals surface area contributed by atoms with E-state index in [0.717, 1.165) is 0 Å². The van der Waals surface area contributed by atoms with Crippen LogP contribution in [0.4, 0.5) is 5.69 Å². The molecule has 1 aromatic carbocycles. The molecule has 2 heterocycles. The maximum absolute atomic E-state index is 13.0. The van der Waals surface area contributed by atoms with Crippen molar-refractivity contribution in [3.05, 3.63) is 29.8 Å². The summed E-state index contributed by atoms with van der Waals surface area (Å²) in [5.41, 5.74) is 0.112. The Morgan fingerprint density at radius 3 is 2.73 bits per heavy atom. The molecule has 2 N–H and O–H groups in total. The van der Waals surface area contributed by atoms with E-state index in [4.69, 9.17) is 5.11 Å². The highest BCUT2D eigenvalue weighted by Gasteiger charge is 2.53. The predicted molar refractivity (Wildman–Crippen MR) is 92.5 cm³/mol. The number of carbonyl (C=O) groups excluding carboxylic acids is 3. The van der Waals surface area contributed by atoms with Crippen LogP contribution in [-0.4, -0.2) is 52.4 Å². The molecule has 1 fully saturated rings. The molecule has 3 amide bonds. The van der Waals surface area contributed by atoms with Crippen molar-refractivity contribution in [3.8, 4) is 0 Å². The third-order valence-electron chi connectivity index (χ3n) is 4.94. The Hall–Kier alpha value is -2.90. The molecule has 2 aliphatic heterocycles. The molecular formula is C18H21N3O5. The van der Waals surface area contributed by atoms with Crippen LogP contribution in [0.25, 0.3) is 0 Å². The Bertz CT molecular complexity index is 778. The summed E-state index contributed by atoms with van der Waals surface area (Å²) in [5.74, 6) is -1.65. The Balaban J connectivity index is 1.79. The number of anilines is 1. The topological polar surface area (TPSA) is 107 Å². The van der Waals surface area contributed by atoms with Crippen LogP contribution in [0.15, 0.2) is 24.3 Å². The summed E-state index contributed by atoms with van der Waals surface area (Å²) in [6.45, 7) is 1.84. The summed E-state index contributed by atoms with van der Waals surface area (Å²) in [6.07, 6.45) is 1.06. The summed E-state index contributed by atoms with van der Waals surface area (Å²) >= 11 is 0. The maximum Gasteiger partial charge on any atom is 0.303 e. The lowest BCUT2D eigenvalue weighted by atomic mass is 9.98. The van der Waals surface area contributed by atoms with Gasteiger partial charge in [0.2, 0.25) is 11.8 Å². The van der Waals surface area contributed by atoms with Crippen molar-refractivity contribution >= 4 is 29.4 Å². The van der Waals surface area contributed by atoms with Gasteiger partial charge in [0.05, 0.1) is 11.3 Å². The van der Waals surface area contributed by atoms with Crippen molar-refractivity contribution in [2.45, 2.75) is 38.3 Å². The molecule has 1 aromatic rings. The largest absolute Gasteiger partial charge is 0.481 e. The van der Waals surface area contributed by atoms with E-state index in [-0.39, 0.29) is 37.2 Å². The molecule has 8 heteroatoms. The zero-order valence-electron chi connectivity index (χ0n) is 14.5. The number of amides is 3. The second kappa shape index (κ2) is 6.78. The molecule has 1 atom stereocenters. The minimum Gasteiger partial charge on any atom is -0.481 e. The molecule has 8 nitrogen and oxygen atoms in total. The SMILES string of the molecule is CC12CCC(=O)N1c1ccccc1C(=O)N2CC(=O)NCCCC(=O)O. The molecule has 0 saturated carbocycles. The number of hydrogen-bond donors (Lipinski definition) is 2. The average molecular weight is 359 g/mol. The van der Waals surface area contributed by atoms with Crippen LogP contribution in [0.5, 0.6) is 0 Å². The number of hydrogen-bond acceptors (Lipinski definition) is 4. The number of aliphatic carboxylic acids is 1. The molecule has 1 unspecified atom stereocenters. The number of para-hydroxylation sites is 1. The molecule has 2 aliphatic rings. The second-order valence-electron chi connectivity index (χ2n) is 6.70. The fraction of sp³-hybridized carbons (Fsp3) is 0.444. The quantitative estimate of drug-likeness (QED) is 0.736. The number of carboxylic acids is 1. The van der Waals surface area contributed by atoms with Gasteiger partial charge in [-0.05, 0) is 31.9 Å². The summed E-state index contributed by atoms with van der Waals surface area (Å²) < 4.78 is 0. The average Bonchev–Trinajstić information content (AvgIpc) is 2.91. The molecular weight excluding hydrogens is 338 g/mol. The van der Waals surface area contributed by atoms with E-state index in [1.165, 1.54) is 4.90 Å². The Morgan fingerprint density at radius 2 is 2.00 bits per heavy atom. The number of nitrogens with one attached hydrogen (secondary N) is 1. The van der Waals surface area contributed by atoms with Crippen molar-refractivity contribution in [1.29, 1.82) is 0 Å². The number of fused-ring (bicyclic) bond motifs is 3. The number of nitrogens with zero attached hydrogens (tertiary/aromatic N) is 2. The van der Waals surface area contributed by atoms with E-state index >= 15 is 0 Å². The van der Waals surface area contributed by atoms with E-state index in [0.29, 0.717) is 30.5 Å². The van der Waals surface area contributed by atoms with Crippen LogP contribution < -0.4 is 10.2 Å². The lowest BCUT2D eigenvalue weighted by Gasteiger charge is -2.48. The summed E-state index contributed by atoms with van der Waals surface area (Å²) in [6, 6.07) is 6.91. The number of carboxylic acid groups (broad SMARTS) is 1. The summed E-state index contributed by atoms with van der Waals surface area (Å²) in [4.78, 5) is 51.2. The van der Waals surface area contributed by atoms with Gasteiger partial charge in [-0.2, -0.15) is 0 Å². The summed E-state index contributed by atoms with van der Waals surface area (Å²) in [7, 11) is 0. The van der Waals surface area contributed by atoms with E-state index in [1.807, 2.05) is 0 Å². The first-order chi connectivity index (χ1) is 12.3. The third-order valence-corrected chi connectivity index (χ3v) is 4.94. The minimum atomic E-state index is -0.922. The van der Waals surface area contributed by atoms with Crippen molar-refractivity contribution < 1.29 is 24.3 Å². The second-order valence-corrected chi connectivity index (χ2v) is 6.70. The van der Waals surface area contributed by atoms with E-state index in [9.17, 15) is 19.2 Å². The van der Waals surface area contributed by atoms with Crippen LogP contribution in [0, 0.1) is 0 Å². The zero-order chi connectivity index (χ0) is 18.9. The lowest BCUT2D eigenvalue weighted by molar-refractivity contribution is -0.137. The van der Waals surface area contributed by atoms with Crippen LogP contribution in [0.3, 0.4) is 0 Å². The van der Waals surface area contributed by atoms with Gasteiger partial charge in [0, 0.05) is 19.4 Å². The van der Waals surface area contributed by atoms with E-state index in [1.54, 1.807) is 36.1 Å². The molecule has 0 bridgehead atoms. The Kier molecular flexibility index (Phi) is 4.67. The van der Waals surface area contributed by atoms with Gasteiger partial charge in [0.1, 0.15) is 12.2 Å². The Labute approximate surface area is 150 Å². The highest BCUT2D eigenvalue weighted by Crippen LogP contribution is 2.43. The number of rotatable bonds is 6. The Morgan fingerprint density at radius 1 is 1.27 bits per heavy atom. The summed E-state index contributed by atoms with van der Waals surface area (Å²) in [5, 5.41) is 11.3. The third kappa shape index (κ3) is 3.02. The van der Waals surface area contributed by atoms with Crippen LogP contribution in [0.1, 0.15) is 43.0 Å². The number of carbonyl (C=O) groups is 4.